The predicted molar refractivity (Wildman–Crippen MR) is 177 cm³/mol. The van der Waals surface area contributed by atoms with Crippen molar-refractivity contribution in [1.29, 1.82) is 0 Å². The van der Waals surface area contributed by atoms with Crippen molar-refractivity contribution in [3.05, 3.63) is 54.2 Å². The highest BCUT2D eigenvalue weighted by Gasteiger charge is 2.36. The molecule has 2 N–H and O–H groups in total. The van der Waals surface area contributed by atoms with Gasteiger partial charge in [0.1, 0.15) is 28.4 Å². The molecule has 47 heavy (non-hydrogen) atoms. The fourth-order valence-corrected chi connectivity index (χ4v) is 6.43. The third-order valence-electron chi connectivity index (χ3n) is 8.44. The molecule has 2 saturated heterocycles. The van der Waals surface area contributed by atoms with Crippen LogP contribution in [0.25, 0.3) is 44.8 Å². The van der Waals surface area contributed by atoms with Gasteiger partial charge >= 0.3 is 12.2 Å². The smallest absolute Gasteiger partial charge is 0.410 e. The van der Waals surface area contributed by atoms with E-state index >= 15 is 0 Å². The summed E-state index contributed by atoms with van der Waals surface area (Å²) in [7, 11) is 0. The zero-order valence-corrected chi connectivity index (χ0v) is 27.7. The number of imidazole rings is 2. The lowest BCUT2D eigenvalue weighted by atomic mass is 10.1. The Balaban J connectivity index is 1.13. The van der Waals surface area contributed by atoms with E-state index in [1.165, 1.54) is 0 Å². The zero-order chi connectivity index (χ0) is 33.1. The number of carbonyl (C=O) groups excluding carboxylic acids is 2. The van der Waals surface area contributed by atoms with Gasteiger partial charge in [-0.3, -0.25) is 9.80 Å². The number of amides is 2. The summed E-state index contributed by atoms with van der Waals surface area (Å²) in [6.07, 6.45) is 4.44. The number of ether oxygens (including phenoxy) is 2. The fourth-order valence-electron chi connectivity index (χ4n) is 6.43. The molecule has 0 saturated carbocycles. The van der Waals surface area contributed by atoms with Crippen molar-refractivity contribution in [3.63, 3.8) is 0 Å². The minimum Gasteiger partial charge on any atom is -0.444 e. The average Bonchev–Trinajstić information content (AvgIpc) is 3.82. The zero-order valence-electron chi connectivity index (χ0n) is 27.7. The number of oxazole rings is 1. The molecule has 2 atom stereocenters. The molecule has 12 heteroatoms. The highest BCUT2D eigenvalue weighted by Crippen LogP contribution is 2.37. The highest BCUT2D eigenvalue weighted by molar-refractivity contribution is 5.90. The molecule has 0 radical (unpaired) electrons. The quantitative estimate of drug-likeness (QED) is 0.202. The minimum absolute atomic E-state index is 0.169. The second-order valence-electron chi connectivity index (χ2n) is 14.4. The third kappa shape index (κ3) is 6.16. The van der Waals surface area contributed by atoms with Crippen LogP contribution in [0.4, 0.5) is 9.59 Å². The van der Waals surface area contributed by atoms with Gasteiger partial charge in [0.15, 0.2) is 5.76 Å². The second-order valence-corrected chi connectivity index (χ2v) is 14.4. The van der Waals surface area contributed by atoms with Crippen LogP contribution in [0.5, 0.6) is 0 Å². The van der Waals surface area contributed by atoms with E-state index in [1.54, 1.807) is 16.0 Å². The van der Waals surface area contributed by atoms with Gasteiger partial charge in [-0.15, -0.1) is 0 Å². The molecule has 2 aromatic carbocycles. The van der Waals surface area contributed by atoms with Crippen LogP contribution in [0.3, 0.4) is 0 Å². The summed E-state index contributed by atoms with van der Waals surface area (Å²) in [5, 5.41) is 0. The highest BCUT2D eigenvalue weighted by atomic mass is 16.6. The molecule has 3 aromatic heterocycles. The standard InChI is InChI=1S/C35H41N7O5/c1-34(2,3)46-32(43)41-16-8-12-25(41)29-37-22-15-14-20(18-24(22)39-29)27-19-36-31(45-27)21-10-7-11-23-28(21)40-30(38-23)26-13-9-17-42(26)33(44)47-35(4,5)6/h7,10-11,14-15,18-19,25-26H,8-9,12-13,16-17H2,1-6H3,(H,37,39)(H,38,40)/t25-,26-/m0/s1. The van der Waals surface area contributed by atoms with Crippen LogP contribution in [0.2, 0.25) is 0 Å². The first-order chi connectivity index (χ1) is 22.3. The summed E-state index contributed by atoms with van der Waals surface area (Å²) in [4.78, 5) is 50.6. The van der Waals surface area contributed by atoms with E-state index in [-0.39, 0.29) is 24.3 Å². The number of hydrogen-bond acceptors (Lipinski definition) is 8. The van der Waals surface area contributed by atoms with Crippen molar-refractivity contribution in [1.82, 2.24) is 34.7 Å². The Morgan fingerprint density at radius 1 is 0.830 bits per heavy atom. The van der Waals surface area contributed by atoms with Crippen LogP contribution in [-0.2, 0) is 9.47 Å². The maximum absolute atomic E-state index is 12.9. The summed E-state index contributed by atoms with van der Waals surface area (Å²) in [5.74, 6) is 2.51. The number of likely N-dealkylation sites (tertiary alicyclic amines) is 2. The normalized spacial score (nSPS) is 18.9. The van der Waals surface area contributed by atoms with Crippen molar-refractivity contribution in [3.8, 4) is 22.8 Å². The lowest BCUT2D eigenvalue weighted by Crippen LogP contribution is -2.36. The van der Waals surface area contributed by atoms with Gasteiger partial charge in [-0.2, -0.15) is 0 Å². The first kappa shape index (κ1) is 30.8. The predicted octanol–water partition coefficient (Wildman–Crippen LogP) is 7.91. The topological polar surface area (TPSA) is 142 Å². The van der Waals surface area contributed by atoms with E-state index in [1.807, 2.05) is 77.9 Å². The molecular formula is C35H41N7O5. The number of benzene rings is 2. The van der Waals surface area contributed by atoms with Crippen LogP contribution < -0.4 is 0 Å². The molecule has 2 amide bonds. The third-order valence-corrected chi connectivity index (χ3v) is 8.44. The van der Waals surface area contributed by atoms with Crippen LogP contribution in [0.15, 0.2) is 47.0 Å². The van der Waals surface area contributed by atoms with Gasteiger partial charge in [-0.25, -0.2) is 24.5 Å². The van der Waals surface area contributed by atoms with Gasteiger partial charge in [-0.1, -0.05) is 6.07 Å². The number of aromatic nitrogens is 5. The monoisotopic (exact) mass is 639 g/mol. The van der Waals surface area contributed by atoms with Crippen molar-refractivity contribution < 1.29 is 23.5 Å². The van der Waals surface area contributed by atoms with Crippen LogP contribution in [-0.4, -0.2) is 71.2 Å². The van der Waals surface area contributed by atoms with Crippen LogP contribution >= 0.6 is 0 Å². The summed E-state index contributed by atoms with van der Waals surface area (Å²) in [6.45, 7) is 12.5. The van der Waals surface area contributed by atoms with Crippen molar-refractivity contribution in [2.24, 2.45) is 0 Å². The minimum atomic E-state index is -0.572. The Hall–Kier alpha value is -4.87. The van der Waals surface area contributed by atoms with Crippen LogP contribution in [0, 0.1) is 0 Å². The number of rotatable bonds is 4. The van der Waals surface area contributed by atoms with Gasteiger partial charge in [0.25, 0.3) is 0 Å². The van der Waals surface area contributed by atoms with Gasteiger partial charge in [-0.05, 0) is 97.6 Å². The molecule has 0 unspecified atom stereocenters. The summed E-state index contributed by atoms with van der Waals surface area (Å²) in [5.41, 5.74) is 3.68. The second kappa shape index (κ2) is 11.4. The largest absolute Gasteiger partial charge is 0.444 e. The molecule has 5 aromatic rings. The maximum Gasteiger partial charge on any atom is 0.410 e. The molecule has 0 bridgehead atoms. The SMILES string of the molecule is CC(C)(C)OC(=O)N1CCC[C@H]1c1nc2ccc(-c3cnc(-c4cccc5[nH]c([C@@H]6CCCN6C(=O)OC(C)(C)C)nc45)o3)cc2[nH]1. The Labute approximate surface area is 272 Å². The Morgan fingerprint density at radius 3 is 2.09 bits per heavy atom. The number of nitrogens with one attached hydrogen (secondary N) is 2. The summed E-state index contributed by atoms with van der Waals surface area (Å²) < 4.78 is 17.6. The van der Waals surface area contributed by atoms with E-state index in [0.29, 0.717) is 24.7 Å². The first-order valence-corrected chi connectivity index (χ1v) is 16.3. The van der Waals surface area contributed by atoms with Gasteiger partial charge in [0.05, 0.1) is 40.4 Å². The molecule has 7 rings (SSSR count). The number of aromatic amines is 2. The molecule has 5 heterocycles. The van der Waals surface area contributed by atoms with Crippen molar-refractivity contribution in [2.75, 3.05) is 13.1 Å². The molecule has 12 nitrogen and oxygen atoms in total. The number of H-pyrrole nitrogens is 2. The molecule has 2 aliphatic heterocycles. The van der Waals surface area contributed by atoms with Gasteiger partial charge in [0, 0.05) is 18.7 Å². The van der Waals surface area contributed by atoms with Crippen molar-refractivity contribution in [2.45, 2.75) is 90.5 Å². The van der Waals surface area contributed by atoms with E-state index in [9.17, 15) is 9.59 Å². The Morgan fingerprint density at radius 2 is 1.45 bits per heavy atom. The lowest BCUT2D eigenvalue weighted by Gasteiger charge is -2.27. The number of para-hydroxylation sites is 1. The van der Waals surface area contributed by atoms with E-state index in [4.69, 9.17) is 23.9 Å². The molecule has 2 aliphatic rings. The molecule has 2 fully saturated rings. The van der Waals surface area contributed by atoms with Gasteiger partial charge in [0.2, 0.25) is 5.89 Å². The number of nitrogens with zero attached hydrogens (tertiary/aromatic N) is 5. The first-order valence-electron chi connectivity index (χ1n) is 16.3. The fraction of sp³-hybridized carbons (Fsp3) is 0.457. The molecule has 0 aliphatic carbocycles. The van der Waals surface area contributed by atoms with E-state index in [0.717, 1.165) is 70.5 Å². The molecular weight excluding hydrogens is 598 g/mol. The summed E-state index contributed by atoms with van der Waals surface area (Å²) in [6, 6.07) is 11.4. The lowest BCUT2D eigenvalue weighted by molar-refractivity contribution is 0.0208. The van der Waals surface area contributed by atoms with Crippen molar-refractivity contribution >= 4 is 34.3 Å². The molecule has 0 spiro atoms. The Kier molecular flexibility index (Phi) is 7.48. The van der Waals surface area contributed by atoms with Crippen LogP contribution in [0.1, 0.15) is 91.0 Å². The molecule has 246 valence electrons. The Bertz CT molecular complexity index is 1960. The number of fused-ring (bicyclic) bond motifs is 2. The number of hydrogen-bond donors (Lipinski definition) is 2. The van der Waals surface area contributed by atoms with E-state index < -0.39 is 11.2 Å². The average molecular weight is 640 g/mol. The number of carbonyl (C=O) groups is 2. The van der Waals surface area contributed by atoms with Gasteiger partial charge < -0.3 is 23.9 Å². The van der Waals surface area contributed by atoms with E-state index in [2.05, 4.69) is 15.0 Å². The summed E-state index contributed by atoms with van der Waals surface area (Å²) >= 11 is 0. The maximum atomic E-state index is 12.9.